The molecule has 3 heteroatoms. The molecule has 0 bridgehead atoms. The lowest BCUT2D eigenvalue weighted by atomic mass is 10.0. The van der Waals surface area contributed by atoms with Gasteiger partial charge < -0.3 is 10.4 Å². The third kappa shape index (κ3) is 2.03. The molecule has 3 nitrogen and oxygen atoms in total. The normalized spacial score (nSPS) is 9.75. The maximum Gasteiger partial charge on any atom is 0.211 e. The Labute approximate surface area is 93.4 Å². The highest BCUT2D eigenvalue weighted by molar-refractivity contribution is 5.77. The van der Waals surface area contributed by atoms with Crippen LogP contribution < -0.4 is 5.32 Å². The average Bonchev–Trinajstić information content (AvgIpc) is 2.30. The van der Waals surface area contributed by atoms with Crippen LogP contribution in [0.3, 0.4) is 0 Å². The molecule has 0 unspecified atom stereocenters. The SMILES string of the molecule is O=CNc1cccc(-c2cc[c]cc2O)c1. The van der Waals surface area contributed by atoms with Gasteiger partial charge in [0, 0.05) is 11.3 Å². The molecule has 0 saturated heterocycles. The zero-order valence-electron chi connectivity index (χ0n) is 8.47. The van der Waals surface area contributed by atoms with Crippen molar-refractivity contribution in [2.45, 2.75) is 0 Å². The second-order valence-corrected chi connectivity index (χ2v) is 3.29. The number of hydrogen-bond acceptors (Lipinski definition) is 2. The fourth-order valence-electron chi connectivity index (χ4n) is 1.51. The number of amides is 1. The molecule has 0 atom stereocenters. The number of benzene rings is 2. The zero-order chi connectivity index (χ0) is 11.4. The Morgan fingerprint density at radius 3 is 2.94 bits per heavy atom. The minimum absolute atomic E-state index is 0.172. The van der Waals surface area contributed by atoms with E-state index in [-0.39, 0.29) is 5.75 Å². The summed E-state index contributed by atoms with van der Waals surface area (Å²) in [6.07, 6.45) is 0.623. The average molecular weight is 212 g/mol. The Morgan fingerprint density at radius 1 is 1.31 bits per heavy atom. The summed E-state index contributed by atoms with van der Waals surface area (Å²) in [4.78, 5) is 10.3. The number of anilines is 1. The van der Waals surface area contributed by atoms with Gasteiger partial charge in [-0.25, -0.2) is 0 Å². The summed E-state index contributed by atoms with van der Waals surface area (Å²) in [7, 11) is 0. The predicted molar refractivity (Wildman–Crippen MR) is 62.1 cm³/mol. The first-order valence-corrected chi connectivity index (χ1v) is 4.81. The van der Waals surface area contributed by atoms with E-state index in [9.17, 15) is 9.90 Å². The zero-order valence-corrected chi connectivity index (χ0v) is 8.47. The second-order valence-electron chi connectivity index (χ2n) is 3.29. The van der Waals surface area contributed by atoms with Crippen molar-refractivity contribution in [1.82, 2.24) is 0 Å². The van der Waals surface area contributed by atoms with Crippen LogP contribution in [0.15, 0.2) is 42.5 Å². The molecular formula is C13H10NO2. The Balaban J connectivity index is 2.44. The Bertz CT molecular complexity index is 509. The topological polar surface area (TPSA) is 49.3 Å². The highest BCUT2D eigenvalue weighted by Gasteiger charge is 2.03. The third-order valence-electron chi connectivity index (χ3n) is 2.24. The van der Waals surface area contributed by atoms with Gasteiger partial charge in [0.1, 0.15) is 5.75 Å². The van der Waals surface area contributed by atoms with E-state index in [4.69, 9.17) is 0 Å². The molecule has 0 heterocycles. The van der Waals surface area contributed by atoms with Crippen LogP contribution in [0.2, 0.25) is 0 Å². The van der Waals surface area contributed by atoms with Crippen LogP contribution in [-0.2, 0) is 4.79 Å². The first-order valence-electron chi connectivity index (χ1n) is 4.81. The Morgan fingerprint density at radius 2 is 2.19 bits per heavy atom. The van der Waals surface area contributed by atoms with Crippen LogP contribution in [0.25, 0.3) is 11.1 Å². The molecule has 0 fully saturated rings. The van der Waals surface area contributed by atoms with Gasteiger partial charge in [0.15, 0.2) is 0 Å². The monoisotopic (exact) mass is 212 g/mol. The number of phenols is 1. The molecule has 0 saturated carbocycles. The van der Waals surface area contributed by atoms with E-state index in [2.05, 4.69) is 11.4 Å². The standard InChI is InChI=1S/C13H10NO2/c15-9-14-11-5-3-4-10(8-11)12-6-1-2-7-13(12)16/h1,3-9,16H,(H,14,15). The van der Waals surface area contributed by atoms with Crippen molar-refractivity contribution >= 4 is 12.1 Å². The fourth-order valence-corrected chi connectivity index (χ4v) is 1.51. The van der Waals surface area contributed by atoms with E-state index >= 15 is 0 Å². The quantitative estimate of drug-likeness (QED) is 0.767. The van der Waals surface area contributed by atoms with Crippen molar-refractivity contribution in [3.8, 4) is 16.9 Å². The lowest BCUT2D eigenvalue weighted by Gasteiger charge is -2.06. The van der Waals surface area contributed by atoms with Crippen LogP contribution in [0.4, 0.5) is 5.69 Å². The van der Waals surface area contributed by atoms with Gasteiger partial charge in [-0.1, -0.05) is 24.3 Å². The molecule has 2 aromatic carbocycles. The molecule has 2 rings (SSSR count). The van der Waals surface area contributed by atoms with Crippen LogP contribution in [-0.4, -0.2) is 11.5 Å². The van der Waals surface area contributed by atoms with E-state index < -0.39 is 0 Å². The largest absolute Gasteiger partial charge is 0.507 e. The number of hydrogen-bond donors (Lipinski definition) is 2. The van der Waals surface area contributed by atoms with Crippen molar-refractivity contribution in [1.29, 1.82) is 0 Å². The molecule has 79 valence electrons. The maximum atomic E-state index is 10.3. The van der Waals surface area contributed by atoms with Crippen molar-refractivity contribution in [3.63, 3.8) is 0 Å². The van der Waals surface area contributed by atoms with Crippen LogP contribution >= 0.6 is 0 Å². The number of carbonyl (C=O) groups excluding carboxylic acids is 1. The number of phenolic OH excluding ortho intramolecular Hbond substituents is 1. The number of carbonyl (C=O) groups is 1. The molecular weight excluding hydrogens is 202 g/mol. The van der Waals surface area contributed by atoms with Crippen molar-refractivity contribution < 1.29 is 9.90 Å². The molecule has 1 radical (unpaired) electrons. The van der Waals surface area contributed by atoms with Gasteiger partial charge in [0.2, 0.25) is 6.41 Å². The molecule has 0 aliphatic rings. The molecule has 0 aliphatic carbocycles. The van der Waals surface area contributed by atoms with Crippen molar-refractivity contribution in [2.75, 3.05) is 5.32 Å². The van der Waals surface area contributed by atoms with E-state index in [0.717, 1.165) is 5.56 Å². The molecule has 16 heavy (non-hydrogen) atoms. The summed E-state index contributed by atoms with van der Waals surface area (Å²) >= 11 is 0. The lowest BCUT2D eigenvalue weighted by Crippen LogP contribution is -1.93. The minimum Gasteiger partial charge on any atom is -0.507 e. The van der Waals surface area contributed by atoms with E-state index in [0.29, 0.717) is 17.7 Å². The van der Waals surface area contributed by atoms with Crippen molar-refractivity contribution in [2.24, 2.45) is 0 Å². The first-order chi connectivity index (χ1) is 7.81. The molecule has 2 N–H and O–H groups in total. The Kier molecular flexibility index (Phi) is 2.87. The number of rotatable bonds is 3. The first kappa shape index (κ1) is 10.2. The Hall–Kier alpha value is -2.29. The van der Waals surface area contributed by atoms with E-state index in [1.54, 1.807) is 24.3 Å². The number of nitrogens with one attached hydrogen (secondary N) is 1. The summed E-state index contributed by atoms with van der Waals surface area (Å²) < 4.78 is 0. The van der Waals surface area contributed by atoms with Gasteiger partial charge in [-0.15, -0.1) is 0 Å². The summed E-state index contributed by atoms with van der Waals surface area (Å²) in [5.74, 6) is 0.172. The van der Waals surface area contributed by atoms with Crippen LogP contribution in [0.5, 0.6) is 5.75 Å². The number of aromatic hydroxyl groups is 1. The van der Waals surface area contributed by atoms with Crippen LogP contribution in [0.1, 0.15) is 0 Å². The summed E-state index contributed by atoms with van der Waals surface area (Å²) in [5, 5.41) is 12.2. The molecule has 0 aromatic heterocycles. The fraction of sp³-hybridized carbons (Fsp3) is 0. The second kappa shape index (κ2) is 4.49. The molecule has 2 aromatic rings. The third-order valence-corrected chi connectivity index (χ3v) is 2.24. The van der Waals surface area contributed by atoms with Gasteiger partial charge >= 0.3 is 0 Å². The molecule has 0 spiro atoms. The highest BCUT2D eigenvalue weighted by atomic mass is 16.3. The smallest absolute Gasteiger partial charge is 0.211 e. The van der Waals surface area contributed by atoms with Gasteiger partial charge in [-0.05, 0) is 29.8 Å². The van der Waals surface area contributed by atoms with Crippen molar-refractivity contribution in [3.05, 3.63) is 48.5 Å². The van der Waals surface area contributed by atoms with E-state index in [1.807, 2.05) is 12.1 Å². The molecule has 1 amide bonds. The predicted octanol–water partition coefficient (Wildman–Crippen LogP) is 2.43. The highest BCUT2D eigenvalue weighted by Crippen LogP contribution is 2.29. The summed E-state index contributed by atoms with van der Waals surface area (Å²) in [6, 6.07) is 15.1. The lowest BCUT2D eigenvalue weighted by molar-refractivity contribution is -0.105. The van der Waals surface area contributed by atoms with Gasteiger partial charge in [0.25, 0.3) is 0 Å². The van der Waals surface area contributed by atoms with E-state index in [1.165, 1.54) is 6.07 Å². The molecule has 0 aliphatic heterocycles. The van der Waals surface area contributed by atoms with Gasteiger partial charge in [0.05, 0.1) is 0 Å². The van der Waals surface area contributed by atoms with Crippen LogP contribution in [0, 0.1) is 6.07 Å². The minimum atomic E-state index is 0.172. The summed E-state index contributed by atoms with van der Waals surface area (Å²) in [6.45, 7) is 0. The van der Waals surface area contributed by atoms with Gasteiger partial charge in [-0.2, -0.15) is 0 Å². The summed E-state index contributed by atoms with van der Waals surface area (Å²) in [5.41, 5.74) is 2.26. The maximum absolute atomic E-state index is 10.3. The van der Waals surface area contributed by atoms with Gasteiger partial charge in [-0.3, -0.25) is 4.79 Å².